The minimum atomic E-state index is -0.664. The molecule has 0 saturated heterocycles. The van der Waals surface area contributed by atoms with Gasteiger partial charge >= 0.3 is 0 Å². The van der Waals surface area contributed by atoms with Crippen molar-refractivity contribution in [3.8, 4) is 0 Å². The Morgan fingerprint density at radius 1 is 1.22 bits per heavy atom. The highest BCUT2D eigenvalue weighted by Crippen LogP contribution is 2.30. The third kappa shape index (κ3) is 3.83. The number of anilines is 1. The highest BCUT2D eigenvalue weighted by Gasteiger charge is 2.22. The van der Waals surface area contributed by atoms with Crippen LogP contribution in [0.3, 0.4) is 0 Å². The fourth-order valence-corrected chi connectivity index (χ4v) is 2.16. The largest absolute Gasteiger partial charge is 0.468 e. The second-order valence-corrected chi connectivity index (χ2v) is 5.09. The molecule has 122 valence electrons. The van der Waals surface area contributed by atoms with Gasteiger partial charge in [-0.3, -0.25) is 25.1 Å². The predicted molar refractivity (Wildman–Crippen MR) is 83.4 cm³/mol. The average molecular weight is 320 g/mol. The van der Waals surface area contributed by atoms with Crippen LogP contribution in [0, 0.1) is 20.2 Å². The van der Waals surface area contributed by atoms with E-state index in [1.807, 2.05) is 25.1 Å². The standard InChI is InChI=1S/C14H16N4O5/c1-16(2)13(14-4-3-7-23-14)9-15-11-6-5-10(17(19)20)8-12(11)18(21)22/h3-8,13,15H,9H2,1-2H3. The fourth-order valence-electron chi connectivity index (χ4n) is 2.16. The molecule has 0 amide bonds. The monoisotopic (exact) mass is 320 g/mol. The van der Waals surface area contributed by atoms with Gasteiger partial charge in [0.15, 0.2) is 0 Å². The van der Waals surface area contributed by atoms with E-state index in [1.165, 1.54) is 12.1 Å². The Labute approximate surface area is 131 Å². The van der Waals surface area contributed by atoms with Crippen LogP contribution in [0.1, 0.15) is 11.8 Å². The number of benzene rings is 1. The van der Waals surface area contributed by atoms with Gasteiger partial charge in [-0.1, -0.05) is 0 Å². The molecule has 1 N–H and O–H groups in total. The topological polar surface area (TPSA) is 115 Å². The molecule has 0 aliphatic rings. The first-order valence-electron chi connectivity index (χ1n) is 6.76. The number of furan rings is 1. The minimum absolute atomic E-state index is 0.139. The summed E-state index contributed by atoms with van der Waals surface area (Å²) in [6.07, 6.45) is 1.56. The van der Waals surface area contributed by atoms with Crippen LogP contribution >= 0.6 is 0 Å². The van der Waals surface area contributed by atoms with Crippen LogP contribution < -0.4 is 5.32 Å². The van der Waals surface area contributed by atoms with Crippen LogP contribution in [-0.4, -0.2) is 35.4 Å². The van der Waals surface area contributed by atoms with Crippen molar-refractivity contribution in [1.29, 1.82) is 0 Å². The van der Waals surface area contributed by atoms with E-state index < -0.39 is 9.85 Å². The highest BCUT2D eigenvalue weighted by molar-refractivity contribution is 5.65. The van der Waals surface area contributed by atoms with Crippen LogP contribution in [0.2, 0.25) is 0 Å². The summed E-state index contributed by atoms with van der Waals surface area (Å²) in [4.78, 5) is 22.5. The Morgan fingerprint density at radius 3 is 2.48 bits per heavy atom. The van der Waals surface area contributed by atoms with Crippen LogP contribution in [0.5, 0.6) is 0 Å². The third-order valence-corrected chi connectivity index (χ3v) is 3.37. The SMILES string of the molecule is CN(C)C(CNc1ccc([N+](=O)[O-])cc1[N+](=O)[O-])c1ccco1. The summed E-state index contributed by atoms with van der Waals surface area (Å²) in [6, 6.07) is 6.95. The number of hydrogen-bond donors (Lipinski definition) is 1. The molecule has 2 aromatic rings. The number of nitro benzene ring substituents is 2. The molecule has 9 heteroatoms. The zero-order valence-electron chi connectivity index (χ0n) is 12.6. The average Bonchev–Trinajstić information content (AvgIpc) is 3.00. The van der Waals surface area contributed by atoms with E-state index in [0.717, 1.165) is 6.07 Å². The minimum Gasteiger partial charge on any atom is -0.468 e. The van der Waals surface area contributed by atoms with Gasteiger partial charge in [-0.25, -0.2) is 0 Å². The lowest BCUT2D eigenvalue weighted by atomic mass is 10.2. The van der Waals surface area contributed by atoms with Gasteiger partial charge in [-0.15, -0.1) is 0 Å². The Morgan fingerprint density at radius 2 is 1.96 bits per heavy atom. The zero-order valence-corrected chi connectivity index (χ0v) is 12.6. The van der Waals surface area contributed by atoms with Crippen molar-refractivity contribution in [2.45, 2.75) is 6.04 Å². The number of non-ortho nitro benzene ring substituents is 1. The maximum absolute atomic E-state index is 11.1. The molecule has 1 unspecified atom stereocenters. The summed E-state index contributed by atoms with van der Waals surface area (Å²) in [5.41, 5.74) is -0.437. The summed E-state index contributed by atoms with van der Waals surface area (Å²) in [5, 5.41) is 24.8. The summed E-state index contributed by atoms with van der Waals surface area (Å²) >= 11 is 0. The highest BCUT2D eigenvalue weighted by atomic mass is 16.6. The van der Waals surface area contributed by atoms with Crippen LogP contribution in [0.4, 0.5) is 17.1 Å². The van der Waals surface area contributed by atoms with Gasteiger partial charge in [0.25, 0.3) is 11.4 Å². The molecular weight excluding hydrogens is 304 g/mol. The maximum atomic E-state index is 11.1. The molecule has 1 aromatic carbocycles. The van der Waals surface area contributed by atoms with Gasteiger partial charge in [-0.2, -0.15) is 0 Å². The Balaban J connectivity index is 2.22. The zero-order chi connectivity index (χ0) is 17.0. The van der Waals surface area contributed by atoms with Crippen molar-refractivity contribution in [2.24, 2.45) is 0 Å². The van der Waals surface area contributed by atoms with E-state index in [2.05, 4.69) is 5.32 Å². The van der Waals surface area contributed by atoms with Gasteiger partial charge in [0.2, 0.25) is 0 Å². The number of likely N-dealkylation sites (N-methyl/N-ethyl adjacent to an activating group) is 1. The molecule has 9 nitrogen and oxygen atoms in total. The van der Waals surface area contributed by atoms with E-state index in [-0.39, 0.29) is 23.1 Å². The first-order chi connectivity index (χ1) is 10.9. The summed E-state index contributed by atoms with van der Waals surface area (Å²) in [6.45, 7) is 0.346. The van der Waals surface area contributed by atoms with Gasteiger partial charge in [0.05, 0.1) is 28.2 Å². The number of nitrogens with zero attached hydrogens (tertiary/aromatic N) is 3. The first-order valence-corrected chi connectivity index (χ1v) is 6.76. The number of rotatable bonds is 7. The van der Waals surface area contributed by atoms with Gasteiger partial charge in [0.1, 0.15) is 11.4 Å². The molecule has 0 aliphatic carbocycles. The second kappa shape index (κ2) is 6.88. The molecule has 0 bridgehead atoms. The molecular formula is C14H16N4O5. The van der Waals surface area contributed by atoms with E-state index in [4.69, 9.17) is 4.42 Å². The summed E-state index contributed by atoms with van der Waals surface area (Å²) in [5.74, 6) is 0.715. The van der Waals surface area contributed by atoms with Crippen LogP contribution in [0.15, 0.2) is 41.0 Å². The lowest BCUT2D eigenvalue weighted by Gasteiger charge is -2.23. The predicted octanol–water partition coefficient (Wildman–Crippen LogP) is 2.81. The summed E-state index contributed by atoms with van der Waals surface area (Å²) in [7, 11) is 3.72. The second-order valence-electron chi connectivity index (χ2n) is 5.09. The molecule has 1 aromatic heterocycles. The van der Waals surface area contributed by atoms with E-state index in [0.29, 0.717) is 12.3 Å². The molecule has 0 spiro atoms. The lowest BCUT2D eigenvalue weighted by Crippen LogP contribution is -2.26. The smallest absolute Gasteiger partial charge is 0.299 e. The maximum Gasteiger partial charge on any atom is 0.299 e. The molecule has 0 fully saturated rings. The molecule has 23 heavy (non-hydrogen) atoms. The van der Waals surface area contributed by atoms with E-state index in [9.17, 15) is 20.2 Å². The molecule has 0 radical (unpaired) electrons. The number of hydrogen-bond acceptors (Lipinski definition) is 7. The Kier molecular flexibility index (Phi) is 4.91. The van der Waals surface area contributed by atoms with Gasteiger partial charge in [-0.05, 0) is 32.3 Å². The summed E-state index contributed by atoms with van der Waals surface area (Å²) < 4.78 is 5.37. The van der Waals surface area contributed by atoms with Crippen LogP contribution in [0.25, 0.3) is 0 Å². The van der Waals surface area contributed by atoms with Crippen molar-refractivity contribution in [3.05, 3.63) is 62.6 Å². The van der Waals surface area contributed by atoms with E-state index >= 15 is 0 Å². The Hall–Kier alpha value is -2.94. The van der Waals surface area contributed by atoms with Crippen molar-refractivity contribution in [2.75, 3.05) is 26.0 Å². The number of nitrogens with one attached hydrogen (secondary N) is 1. The third-order valence-electron chi connectivity index (χ3n) is 3.37. The van der Waals surface area contributed by atoms with Gasteiger partial charge in [0, 0.05) is 12.6 Å². The fraction of sp³-hybridized carbons (Fsp3) is 0.286. The van der Waals surface area contributed by atoms with Crippen molar-refractivity contribution < 1.29 is 14.3 Å². The molecule has 1 atom stereocenters. The van der Waals surface area contributed by atoms with Crippen LogP contribution in [-0.2, 0) is 0 Å². The first kappa shape index (κ1) is 16.4. The molecule has 0 saturated carbocycles. The lowest BCUT2D eigenvalue weighted by molar-refractivity contribution is -0.393. The molecule has 2 rings (SSSR count). The normalized spacial score (nSPS) is 12.1. The molecule has 0 aliphatic heterocycles. The van der Waals surface area contributed by atoms with E-state index in [1.54, 1.807) is 12.3 Å². The quantitative estimate of drug-likeness (QED) is 0.616. The van der Waals surface area contributed by atoms with Gasteiger partial charge < -0.3 is 9.73 Å². The van der Waals surface area contributed by atoms with Crippen molar-refractivity contribution in [3.63, 3.8) is 0 Å². The van der Waals surface area contributed by atoms with Crippen molar-refractivity contribution in [1.82, 2.24) is 4.90 Å². The Bertz CT molecular complexity index is 699. The number of nitro groups is 2. The van der Waals surface area contributed by atoms with Crippen molar-refractivity contribution >= 4 is 17.1 Å². The molecule has 1 heterocycles.